The zero-order chi connectivity index (χ0) is 16.0. The molecule has 112 valence electrons. The second kappa shape index (κ2) is 6.82. The van der Waals surface area contributed by atoms with Crippen LogP contribution in [0.1, 0.15) is 31.9 Å². The zero-order valence-corrected chi connectivity index (χ0v) is 12.9. The van der Waals surface area contributed by atoms with Crippen LogP contribution in [0.15, 0.2) is 54.6 Å². The van der Waals surface area contributed by atoms with Crippen molar-refractivity contribution in [2.45, 2.75) is 26.4 Å². The Kier molecular flexibility index (Phi) is 4.85. The second-order valence-corrected chi connectivity index (χ2v) is 5.71. The van der Waals surface area contributed by atoms with Gasteiger partial charge in [0.2, 0.25) is 0 Å². The van der Waals surface area contributed by atoms with Crippen molar-refractivity contribution in [1.82, 2.24) is 0 Å². The Hall–Kier alpha value is -2.73. The Morgan fingerprint density at radius 3 is 1.95 bits per heavy atom. The monoisotopic (exact) mass is 294 g/mol. The molecular weight excluding hydrogens is 276 g/mol. The van der Waals surface area contributed by atoms with E-state index in [-0.39, 0.29) is 0 Å². The lowest BCUT2D eigenvalue weighted by atomic mass is 10.2. The largest absolute Gasteiger partial charge is 0.514 e. The van der Waals surface area contributed by atoms with Gasteiger partial charge in [0.1, 0.15) is 11.4 Å². The molecule has 2 rings (SSSR count). The van der Waals surface area contributed by atoms with E-state index in [1.807, 2.05) is 30.3 Å². The molecule has 0 fully saturated rings. The number of ether oxygens (including phenoxy) is 2. The van der Waals surface area contributed by atoms with Crippen LogP contribution in [0.4, 0.5) is 4.79 Å². The number of rotatable bonds is 1. The third kappa shape index (κ3) is 5.34. The van der Waals surface area contributed by atoms with E-state index in [2.05, 4.69) is 11.8 Å². The van der Waals surface area contributed by atoms with Crippen LogP contribution in [0.25, 0.3) is 0 Å². The van der Waals surface area contributed by atoms with E-state index in [0.717, 1.165) is 11.1 Å². The number of hydrogen-bond donors (Lipinski definition) is 0. The van der Waals surface area contributed by atoms with E-state index >= 15 is 0 Å². The lowest BCUT2D eigenvalue weighted by Gasteiger charge is -2.18. The minimum absolute atomic E-state index is 0.430. The smallest absolute Gasteiger partial charge is 0.428 e. The maximum absolute atomic E-state index is 11.6. The summed E-state index contributed by atoms with van der Waals surface area (Å²) in [6, 6.07) is 16.7. The summed E-state index contributed by atoms with van der Waals surface area (Å²) in [6.45, 7) is 5.36. The molecule has 0 amide bonds. The fraction of sp³-hybridized carbons (Fsp3) is 0.211. The summed E-state index contributed by atoms with van der Waals surface area (Å²) in [5, 5.41) is 0. The maximum Gasteiger partial charge on any atom is 0.514 e. The van der Waals surface area contributed by atoms with E-state index in [4.69, 9.17) is 9.47 Å². The van der Waals surface area contributed by atoms with E-state index in [9.17, 15) is 4.79 Å². The van der Waals surface area contributed by atoms with Gasteiger partial charge in [-0.1, -0.05) is 30.0 Å². The van der Waals surface area contributed by atoms with Gasteiger partial charge in [-0.2, -0.15) is 0 Å². The fourth-order valence-electron chi connectivity index (χ4n) is 1.64. The molecule has 0 aliphatic carbocycles. The van der Waals surface area contributed by atoms with Gasteiger partial charge in [-0.3, -0.25) is 0 Å². The minimum Gasteiger partial charge on any atom is -0.428 e. The van der Waals surface area contributed by atoms with Crippen LogP contribution in [-0.4, -0.2) is 11.8 Å². The predicted molar refractivity (Wildman–Crippen MR) is 85.7 cm³/mol. The molecule has 3 nitrogen and oxygen atoms in total. The van der Waals surface area contributed by atoms with Crippen LogP contribution in [0, 0.1) is 11.8 Å². The first-order chi connectivity index (χ1) is 10.4. The van der Waals surface area contributed by atoms with Gasteiger partial charge in [0.05, 0.1) is 0 Å². The van der Waals surface area contributed by atoms with Gasteiger partial charge >= 0.3 is 6.16 Å². The molecule has 0 N–H and O–H groups in total. The van der Waals surface area contributed by atoms with Crippen LogP contribution < -0.4 is 4.74 Å². The highest BCUT2D eigenvalue weighted by Gasteiger charge is 2.17. The number of benzene rings is 2. The van der Waals surface area contributed by atoms with Gasteiger partial charge < -0.3 is 9.47 Å². The number of carbonyl (C=O) groups is 1. The average molecular weight is 294 g/mol. The summed E-state index contributed by atoms with van der Waals surface area (Å²) in [4.78, 5) is 11.6. The maximum atomic E-state index is 11.6. The van der Waals surface area contributed by atoms with Crippen molar-refractivity contribution in [3.8, 4) is 17.6 Å². The molecule has 0 aromatic heterocycles. The normalized spacial score (nSPS) is 10.3. The van der Waals surface area contributed by atoms with Gasteiger partial charge in [-0.15, -0.1) is 0 Å². The van der Waals surface area contributed by atoms with E-state index in [0.29, 0.717) is 5.75 Å². The number of carbonyl (C=O) groups excluding carboxylic acids is 1. The lowest BCUT2D eigenvalue weighted by molar-refractivity contribution is 0.0206. The average Bonchev–Trinajstić information content (AvgIpc) is 2.45. The topological polar surface area (TPSA) is 35.5 Å². The molecule has 0 aliphatic rings. The molecule has 0 atom stereocenters. The van der Waals surface area contributed by atoms with Gasteiger partial charge in [-0.25, -0.2) is 4.79 Å². The first kappa shape index (κ1) is 15.7. The Balaban J connectivity index is 1.99. The molecule has 0 saturated heterocycles. The molecule has 0 bridgehead atoms. The summed E-state index contributed by atoms with van der Waals surface area (Å²) in [5.41, 5.74) is 1.23. The molecule has 0 saturated carbocycles. The molecule has 0 heterocycles. The van der Waals surface area contributed by atoms with Crippen molar-refractivity contribution in [2.24, 2.45) is 0 Å². The van der Waals surface area contributed by atoms with E-state index < -0.39 is 11.8 Å². The quantitative estimate of drug-likeness (QED) is 0.444. The molecule has 22 heavy (non-hydrogen) atoms. The second-order valence-electron chi connectivity index (χ2n) is 5.71. The molecule has 3 heteroatoms. The first-order valence-corrected chi connectivity index (χ1v) is 7.00. The van der Waals surface area contributed by atoms with Crippen molar-refractivity contribution in [1.29, 1.82) is 0 Å². The fourth-order valence-corrected chi connectivity index (χ4v) is 1.64. The zero-order valence-electron chi connectivity index (χ0n) is 12.9. The molecule has 0 aliphatic heterocycles. The molecule has 0 unspecified atom stereocenters. The Morgan fingerprint density at radius 1 is 0.864 bits per heavy atom. The molecule has 2 aromatic rings. The van der Waals surface area contributed by atoms with Crippen molar-refractivity contribution in [3.63, 3.8) is 0 Å². The molecular formula is C19H18O3. The van der Waals surface area contributed by atoms with Crippen LogP contribution in [0.5, 0.6) is 5.75 Å². The van der Waals surface area contributed by atoms with Crippen molar-refractivity contribution < 1.29 is 14.3 Å². The summed E-state index contributed by atoms with van der Waals surface area (Å²) in [7, 11) is 0. The summed E-state index contributed by atoms with van der Waals surface area (Å²) >= 11 is 0. The van der Waals surface area contributed by atoms with Crippen LogP contribution in [0.3, 0.4) is 0 Å². The predicted octanol–water partition coefficient (Wildman–Crippen LogP) is 4.40. The SMILES string of the molecule is CC(C)(C)OC(=O)Oc1ccc(C#Cc2ccccc2)cc1. The minimum atomic E-state index is -0.712. The van der Waals surface area contributed by atoms with Gasteiger partial charge in [0.15, 0.2) is 0 Å². The Bertz CT molecular complexity index is 683. The van der Waals surface area contributed by atoms with Crippen LogP contribution in [0.2, 0.25) is 0 Å². The van der Waals surface area contributed by atoms with Crippen molar-refractivity contribution in [3.05, 3.63) is 65.7 Å². The Labute approximate surface area is 130 Å². The van der Waals surface area contributed by atoms with Crippen molar-refractivity contribution >= 4 is 6.16 Å². The van der Waals surface area contributed by atoms with E-state index in [1.54, 1.807) is 45.0 Å². The van der Waals surface area contributed by atoms with Gasteiger partial charge in [-0.05, 0) is 57.2 Å². The standard InChI is InChI=1S/C19H18O3/c1-19(2,3)22-18(20)21-17-13-11-16(12-14-17)10-9-15-7-5-4-6-8-15/h4-8,11-14H,1-3H3. The molecule has 0 radical (unpaired) electrons. The summed E-state index contributed by atoms with van der Waals surface area (Å²) in [6.07, 6.45) is -0.712. The third-order valence-electron chi connectivity index (χ3n) is 2.57. The summed E-state index contributed by atoms with van der Waals surface area (Å²) < 4.78 is 10.2. The number of hydrogen-bond acceptors (Lipinski definition) is 3. The molecule has 2 aromatic carbocycles. The Morgan fingerprint density at radius 2 is 1.41 bits per heavy atom. The van der Waals surface area contributed by atoms with Crippen LogP contribution >= 0.6 is 0 Å². The highest BCUT2D eigenvalue weighted by atomic mass is 16.7. The van der Waals surface area contributed by atoms with Gasteiger partial charge in [0, 0.05) is 11.1 Å². The van der Waals surface area contributed by atoms with Crippen LogP contribution in [-0.2, 0) is 4.74 Å². The summed E-state index contributed by atoms with van der Waals surface area (Å²) in [5.74, 6) is 6.56. The highest BCUT2D eigenvalue weighted by molar-refractivity contribution is 5.64. The third-order valence-corrected chi connectivity index (χ3v) is 2.57. The highest BCUT2D eigenvalue weighted by Crippen LogP contribution is 2.15. The first-order valence-electron chi connectivity index (χ1n) is 7.00. The van der Waals surface area contributed by atoms with E-state index in [1.165, 1.54) is 0 Å². The van der Waals surface area contributed by atoms with Crippen molar-refractivity contribution in [2.75, 3.05) is 0 Å². The van der Waals surface area contributed by atoms with Gasteiger partial charge in [0.25, 0.3) is 0 Å². The molecule has 0 spiro atoms. The lowest BCUT2D eigenvalue weighted by Crippen LogP contribution is -2.25.